The molecule has 4 nitrogen and oxygen atoms in total. The first kappa shape index (κ1) is 23.1. The maximum atomic E-state index is 10.5. The van der Waals surface area contributed by atoms with E-state index in [4.69, 9.17) is 0 Å². The van der Waals surface area contributed by atoms with E-state index in [9.17, 15) is 14.9 Å². The van der Waals surface area contributed by atoms with E-state index in [0.29, 0.717) is 12.7 Å². The van der Waals surface area contributed by atoms with Crippen molar-refractivity contribution in [2.45, 2.75) is 122 Å². The van der Waals surface area contributed by atoms with Gasteiger partial charge in [0.25, 0.3) is 6.04 Å². The van der Waals surface area contributed by atoms with Crippen LogP contribution in [0.25, 0.3) is 0 Å². The van der Waals surface area contributed by atoms with Crippen molar-refractivity contribution in [3.63, 3.8) is 0 Å². The van der Waals surface area contributed by atoms with Gasteiger partial charge in [0.1, 0.15) is 0 Å². The second kappa shape index (κ2) is 18.4. The fourth-order valence-electron chi connectivity index (χ4n) is 3.12. The summed E-state index contributed by atoms with van der Waals surface area (Å²) in [6.45, 7) is 2.26. The van der Waals surface area contributed by atoms with E-state index in [1.54, 1.807) is 0 Å². The molecule has 0 spiro atoms. The molecule has 142 valence electrons. The van der Waals surface area contributed by atoms with E-state index in [2.05, 4.69) is 6.92 Å². The summed E-state index contributed by atoms with van der Waals surface area (Å²) < 4.78 is 0. The van der Waals surface area contributed by atoms with Crippen LogP contribution in [-0.2, 0) is 4.79 Å². The lowest BCUT2D eigenvalue weighted by molar-refractivity contribution is -0.506. The predicted molar refractivity (Wildman–Crippen MR) is 101 cm³/mol. The largest absolute Gasteiger partial charge is 0.296 e. The molecule has 4 heteroatoms. The zero-order valence-corrected chi connectivity index (χ0v) is 15.8. The highest BCUT2D eigenvalue weighted by atomic mass is 16.6. The second-order valence-corrected chi connectivity index (χ2v) is 7.08. The first-order chi connectivity index (χ1) is 11.7. The highest BCUT2D eigenvalue weighted by molar-refractivity contribution is 5.55. The number of hydrogen-bond donors (Lipinski definition) is 0. The van der Waals surface area contributed by atoms with Gasteiger partial charge in [0.05, 0.1) is 0 Å². The smallest absolute Gasteiger partial charge is 0.267 e. The van der Waals surface area contributed by atoms with Gasteiger partial charge in [-0.2, -0.15) is 0 Å². The van der Waals surface area contributed by atoms with Crippen molar-refractivity contribution in [2.75, 3.05) is 0 Å². The SMILES string of the molecule is CCCCCCCCCCCCCCCCCCC(C=O)[N+](=O)[O-]. The highest BCUT2D eigenvalue weighted by Crippen LogP contribution is 2.14. The Morgan fingerprint density at radius 1 is 0.708 bits per heavy atom. The van der Waals surface area contributed by atoms with E-state index >= 15 is 0 Å². The quantitative estimate of drug-likeness (QED) is 0.117. The molecule has 0 aromatic heterocycles. The lowest BCUT2D eigenvalue weighted by Gasteiger charge is -2.04. The van der Waals surface area contributed by atoms with Gasteiger partial charge < -0.3 is 0 Å². The fourth-order valence-corrected chi connectivity index (χ4v) is 3.12. The van der Waals surface area contributed by atoms with Gasteiger partial charge in [-0.1, -0.05) is 103 Å². The van der Waals surface area contributed by atoms with Crippen LogP contribution in [0, 0.1) is 10.1 Å². The van der Waals surface area contributed by atoms with Gasteiger partial charge >= 0.3 is 0 Å². The van der Waals surface area contributed by atoms with Crippen molar-refractivity contribution in [3.05, 3.63) is 10.1 Å². The van der Waals surface area contributed by atoms with Crippen LogP contribution in [0.2, 0.25) is 0 Å². The maximum Gasteiger partial charge on any atom is 0.267 e. The van der Waals surface area contributed by atoms with Crippen LogP contribution in [0.4, 0.5) is 0 Å². The van der Waals surface area contributed by atoms with Gasteiger partial charge in [0, 0.05) is 11.3 Å². The highest BCUT2D eigenvalue weighted by Gasteiger charge is 2.17. The summed E-state index contributed by atoms with van der Waals surface area (Å²) in [4.78, 5) is 20.5. The van der Waals surface area contributed by atoms with Gasteiger partial charge in [-0.15, -0.1) is 0 Å². The van der Waals surface area contributed by atoms with Gasteiger partial charge in [-0.3, -0.25) is 14.9 Å². The molecule has 0 N–H and O–H groups in total. The first-order valence-corrected chi connectivity index (χ1v) is 10.3. The number of hydrogen-bond acceptors (Lipinski definition) is 3. The Bertz CT molecular complexity index is 295. The summed E-state index contributed by atoms with van der Waals surface area (Å²) >= 11 is 0. The topological polar surface area (TPSA) is 60.2 Å². The molecule has 1 unspecified atom stereocenters. The third kappa shape index (κ3) is 15.9. The number of nitro groups is 1. The Labute approximate surface area is 148 Å². The number of rotatable bonds is 19. The standard InChI is InChI=1S/C20H39NO3/c1-2-3-4-5-6-7-8-9-10-11-12-13-14-15-16-17-18-20(19-22)21(23)24/h19-20H,2-18H2,1H3. The van der Waals surface area contributed by atoms with Crippen LogP contribution in [0.5, 0.6) is 0 Å². The Morgan fingerprint density at radius 2 is 1.04 bits per heavy atom. The number of carbonyl (C=O) groups is 1. The van der Waals surface area contributed by atoms with Gasteiger partial charge in [-0.25, -0.2) is 0 Å². The summed E-state index contributed by atoms with van der Waals surface area (Å²) in [7, 11) is 0. The summed E-state index contributed by atoms with van der Waals surface area (Å²) in [6, 6.07) is -0.989. The molecule has 0 aliphatic rings. The van der Waals surface area contributed by atoms with Gasteiger partial charge in [0.2, 0.25) is 0 Å². The van der Waals surface area contributed by atoms with Crippen LogP contribution in [0.3, 0.4) is 0 Å². The van der Waals surface area contributed by atoms with Crippen LogP contribution < -0.4 is 0 Å². The molecule has 1 atom stereocenters. The number of nitrogens with zero attached hydrogens (tertiary/aromatic N) is 1. The minimum atomic E-state index is -0.989. The molecule has 0 rings (SSSR count). The van der Waals surface area contributed by atoms with Crippen LogP contribution in [0.15, 0.2) is 0 Å². The fraction of sp³-hybridized carbons (Fsp3) is 0.950. The zero-order chi connectivity index (χ0) is 17.9. The molecule has 24 heavy (non-hydrogen) atoms. The van der Waals surface area contributed by atoms with E-state index < -0.39 is 11.0 Å². The summed E-state index contributed by atoms with van der Waals surface area (Å²) in [5.74, 6) is 0. The van der Waals surface area contributed by atoms with Crippen LogP contribution in [-0.4, -0.2) is 17.3 Å². The first-order valence-electron chi connectivity index (χ1n) is 10.3. The normalized spacial score (nSPS) is 12.2. The molecule has 0 amide bonds. The number of unbranched alkanes of at least 4 members (excludes halogenated alkanes) is 15. The molecule has 0 saturated heterocycles. The second-order valence-electron chi connectivity index (χ2n) is 7.08. The third-order valence-electron chi connectivity index (χ3n) is 4.78. The molecule has 0 bridgehead atoms. The van der Waals surface area contributed by atoms with Crippen molar-refractivity contribution in [1.29, 1.82) is 0 Å². The molecular formula is C20H39NO3. The molecule has 0 fully saturated rings. The molecular weight excluding hydrogens is 302 g/mol. The molecule has 0 heterocycles. The van der Waals surface area contributed by atoms with Crippen LogP contribution >= 0.6 is 0 Å². The Balaban J connectivity index is 3.12. The minimum absolute atomic E-state index is 0.398. The Kier molecular flexibility index (Phi) is 17.7. The van der Waals surface area contributed by atoms with Crippen LogP contribution in [0.1, 0.15) is 116 Å². The minimum Gasteiger partial charge on any atom is -0.296 e. The average Bonchev–Trinajstić information content (AvgIpc) is 2.57. The van der Waals surface area contributed by atoms with E-state index in [1.807, 2.05) is 0 Å². The van der Waals surface area contributed by atoms with Gasteiger partial charge in [0.15, 0.2) is 6.29 Å². The molecule has 0 radical (unpaired) electrons. The molecule has 0 aliphatic heterocycles. The summed E-state index contributed by atoms with van der Waals surface area (Å²) in [6.07, 6.45) is 21.5. The molecule has 0 aliphatic carbocycles. The van der Waals surface area contributed by atoms with Crippen molar-refractivity contribution in [3.8, 4) is 0 Å². The van der Waals surface area contributed by atoms with Crippen molar-refractivity contribution < 1.29 is 9.72 Å². The Hall–Kier alpha value is -0.930. The van der Waals surface area contributed by atoms with Crippen molar-refractivity contribution in [1.82, 2.24) is 0 Å². The Morgan fingerprint density at radius 3 is 1.33 bits per heavy atom. The summed E-state index contributed by atoms with van der Waals surface area (Å²) in [5.41, 5.74) is 0. The third-order valence-corrected chi connectivity index (χ3v) is 4.78. The lowest BCUT2D eigenvalue weighted by Crippen LogP contribution is -2.20. The number of aldehydes is 1. The number of carbonyl (C=O) groups excluding carboxylic acids is 1. The van der Waals surface area contributed by atoms with Gasteiger partial charge in [-0.05, 0) is 6.42 Å². The van der Waals surface area contributed by atoms with E-state index in [1.165, 1.54) is 83.5 Å². The van der Waals surface area contributed by atoms with E-state index in [-0.39, 0.29) is 0 Å². The van der Waals surface area contributed by atoms with E-state index in [0.717, 1.165) is 19.3 Å². The lowest BCUT2D eigenvalue weighted by atomic mass is 10.0. The maximum absolute atomic E-state index is 10.5. The summed E-state index contributed by atoms with van der Waals surface area (Å²) in [5, 5.41) is 10.5. The average molecular weight is 342 g/mol. The molecule has 0 aromatic rings. The monoisotopic (exact) mass is 341 g/mol. The predicted octanol–water partition coefficient (Wildman–Crippen LogP) is 6.48. The molecule has 0 saturated carbocycles. The van der Waals surface area contributed by atoms with Crippen molar-refractivity contribution in [2.24, 2.45) is 0 Å². The zero-order valence-electron chi connectivity index (χ0n) is 15.8. The van der Waals surface area contributed by atoms with Crippen molar-refractivity contribution >= 4 is 6.29 Å². The molecule has 0 aromatic carbocycles.